The van der Waals surface area contributed by atoms with Crippen LogP contribution in [0.2, 0.25) is 0 Å². The van der Waals surface area contributed by atoms with E-state index in [9.17, 15) is 0 Å². The Kier molecular flexibility index (Phi) is 7.06. The van der Waals surface area contributed by atoms with Gasteiger partial charge in [0.15, 0.2) is 0 Å². The lowest BCUT2D eigenvalue weighted by Gasteiger charge is -2.32. The number of allylic oxidation sites excluding steroid dienone is 2. The van der Waals surface area contributed by atoms with E-state index in [1.54, 1.807) is 0 Å². The molecule has 9 aromatic rings. The minimum Gasteiger partial charge on any atom is -0.264 e. The summed E-state index contributed by atoms with van der Waals surface area (Å²) in [6.07, 6.45) is 13.3. The molecule has 1 heterocycles. The Morgan fingerprint density at radius 1 is 0.315 bits per heavy atom. The number of aromatic nitrogens is 1. The number of pyridine rings is 1. The van der Waals surface area contributed by atoms with Crippen LogP contribution in [-0.2, 0) is 0 Å². The summed E-state index contributed by atoms with van der Waals surface area (Å²) in [6.45, 7) is 0. The largest absolute Gasteiger partial charge is 0.264 e. The van der Waals surface area contributed by atoms with Crippen molar-refractivity contribution in [2.75, 3.05) is 0 Å². The third-order valence-corrected chi connectivity index (χ3v) is 11.7. The van der Waals surface area contributed by atoms with Crippen molar-refractivity contribution in [1.82, 2.24) is 4.98 Å². The molecule has 252 valence electrons. The number of hydrogen-bond donors (Lipinski definition) is 0. The Labute approximate surface area is 315 Å². The van der Waals surface area contributed by atoms with Gasteiger partial charge in [-0.3, -0.25) is 4.98 Å². The molecule has 0 aliphatic heterocycles. The molecule has 2 aliphatic rings. The first-order valence-corrected chi connectivity index (χ1v) is 18.8. The molecular formula is C53H35N. The summed E-state index contributed by atoms with van der Waals surface area (Å²) in [5, 5.41) is 7.48. The molecule has 1 aromatic heterocycles. The van der Waals surface area contributed by atoms with Crippen molar-refractivity contribution >= 4 is 44.5 Å². The summed E-state index contributed by atoms with van der Waals surface area (Å²) in [5.74, 6) is 0.776. The first-order chi connectivity index (χ1) is 26.7. The van der Waals surface area contributed by atoms with Crippen molar-refractivity contribution < 1.29 is 0 Å². The van der Waals surface area contributed by atoms with E-state index in [0.717, 1.165) is 0 Å². The zero-order valence-electron chi connectivity index (χ0n) is 29.7. The van der Waals surface area contributed by atoms with E-state index in [2.05, 4.69) is 193 Å². The van der Waals surface area contributed by atoms with Crippen LogP contribution in [0.1, 0.15) is 34.1 Å². The Morgan fingerprint density at radius 3 is 1.52 bits per heavy atom. The molecule has 2 unspecified atom stereocenters. The van der Waals surface area contributed by atoms with E-state index in [4.69, 9.17) is 0 Å². The van der Waals surface area contributed by atoms with Gasteiger partial charge in [-0.2, -0.15) is 0 Å². The summed E-state index contributed by atoms with van der Waals surface area (Å²) in [5.41, 5.74) is 15.2. The maximum absolute atomic E-state index is 4.50. The van der Waals surface area contributed by atoms with E-state index < -0.39 is 0 Å². The van der Waals surface area contributed by atoms with Gasteiger partial charge in [0.1, 0.15) is 0 Å². The highest BCUT2D eigenvalue weighted by molar-refractivity contribution is 6.25. The Hall–Kier alpha value is -6.83. The van der Waals surface area contributed by atoms with Gasteiger partial charge in [-0.1, -0.05) is 158 Å². The second-order valence-corrected chi connectivity index (χ2v) is 14.7. The first-order valence-electron chi connectivity index (χ1n) is 18.8. The topological polar surface area (TPSA) is 12.9 Å². The standard InChI is InChI=1S/C53H35N/c1-2-12-44-36(7-1)19-24-49-45-23-20-41(31-43(45)22-26-48(44)49)40-11-6-10-39(30-40)38-9-5-8-37(29-38)34-15-17-35(18-16-34)42-21-25-50-46-13-3-4-14-47(46)51-27-28-54-33-53(51)52(50)32-42/h1-33,48-49H. The first kappa shape index (κ1) is 30.8. The zero-order chi connectivity index (χ0) is 35.6. The normalized spacial score (nSPS) is 15.6. The fourth-order valence-electron chi connectivity index (χ4n) is 9.01. The third kappa shape index (κ3) is 5.04. The van der Waals surface area contributed by atoms with Crippen molar-refractivity contribution in [2.45, 2.75) is 11.8 Å². The van der Waals surface area contributed by atoms with Crippen LogP contribution in [0.15, 0.2) is 188 Å². The summed E-state index contributed by atoms with van der Waals surface area (Å²) in [6, 6.07) is 60.4. The molecule has 0 N–H and O–H groups in total. The molecule has 2 aliphatic carbocycles. The minimum atomic E-state index is 0.378. The highest BCUT2D eigenvalue weighted by Gasteiger charge is 2.29. The van der Waals surface area contributed by atoms with Crippen LogP contribution < -0.4 is 0 Å². The molecule has 0 spiro atoms. The van der Waals surface area contributed by atoms with E-state index in [1.165, 1.54) is 99.1 Å². The van der Waals surface area contributed by atoms with Crippen molar-refractivity contribution in [3.8, 4) is 44.5 Å². The number of hydrogen-bond acceptors (Lipinski definition) is 1. The molecule has 8 aromatic carbocycles. The second kappa shape index (κ2) is 12.4. The smallest absolute Gasteiger partial charge is 0.0352 e. The van der Waals surface area contributed by atoms with Gasteiger partial charge in [-0.25, -0.2) is 0 Å². The van der Waals surface area contributed by atoms with Crippen molar-refractivity contribution in [1.29, 1.82) is 0 Å². The van der Waals surface area contributed by atoms with Crippen LogP contribution in [0.4, 0.5) is 0 Å². The molecular weight excluding hydrogens is 651 g/mol. The average Bonchev–Trinajstić information content (AvgIpc) is 3.26. The van der Waals surface area contributed by atoms with Crippen LogP contribution in [0.3, 0.4) is 0 Å². The van der Waals surface area contributed by atoms with E-state index in [0.29, 0.717) is 11.8 Å². The molecule has 0 fully saturated rings. The second-order valence-electron chi connectivity index (χ2n) is 14.7. The lowest BCUT2D eigenvalue weighted by atomic mass is 9.71. The Balaban J connectivity index is 0.883. The fourth-order valence-corrected chi connectivity index (χ4v) is 9.01. The third-order valence-electron chi connectivity index (χ3n) is 11.7. The molecule has 0 radical (unpaired) electrons. The van der Waals surface area contributed by atoms with Gasteiger partial charge in [0.25, 0.3) is 0 Å². The summed E-state index contributed by atoms with van der Waals surface area (Å²) in [4.78, 5) is 4.50. The van der Waals surface area contributed by atoms with Gasteiger partial charge in [0.05, 0.1) is 0 Å². The van der Waals surface area contributed by atoms with Gasteiger partial charge in [0, 0.05) is 29.6 Å². The highest BCUT2D eigenvalue weighted by atomic mass is 14.6. The predicted molar refractivity (Wildman–Crippen MR) is 228 cm³/mol. The molecule has 0 amide bonds. The molecule has 1 heteroatoms. The van der Waals surface area contributed by atoms with Crippen molar-refractivity contribution in [3.05, 3.63) is 211 Å². The minimum absolute atomic E-state index is 0.378. The Morgan fingerprint density at radius 2 is 0.815 bits per heavy atom. The Bertz CT molecular complexity index is 2960. The number of rotatable bonds is 4. The molecule has 0 saturated heterocycles. The summed E-state index contributed by atoms with van der Waals surface area (Å²) in [7, 11) is 0. The number of nitrogens with zero attached hydrogens (tertiary/aromatic N) is 1. The number of fused-ring (bicyclic) bond motifs is 11. The predicted octanol–water partition coefficient (Wildman–Crippen LogP) is 14.1. The van der Waals surface area contributed by atoms with Crippen LogP contribution in [-0.4, -0.2) is 4.98 Å². The number of benzene rings is 8. The maximum Gasteiger partial charge on any atom is 0.0352 e. The van der Waals surface area contributed by atoms with E-state index in [1.807, 2.05) is 12.4 Å². The fraction of sp³-hybridized carbons (Fsp3) is 0.0377. The van der Waals surface area contributed by atoms with E-state index in [-0.39, 0.29) is 0 Å². The van der Waals surface area contributed by atoms with Gasteiger partial charge < -0.3 is 0 Å². The molecule has 0 bridgehead atoms. The lowest BCUT2D eigenvalue weighted by molar-refractivity contribution is 0.722. The quantitative estimate of drug-likeness (QED) is 0.168. The van der Waals surface area contributed by atoms with Crippen molar-refractivity contribution in [3.63, 3.8) is 0 Å². The van der Waals surface area contributed by atoms with Gasteiger partial charge in [-0.05, 0) is 124 Å². The molecule has 2 atom stereocenters. The van der Waals surface area contributed by atoms with Crippen LogP contribution >= 0.6 is 0 Å². The molecule has 54 heavy (non-hydrogen) atoms. The van der Waals surface area contributed by atoms with Crippen LogP contribution in [0.5, 0.6) is 0 Å². The highest BCUT2D eigenvalue weighted by Crippen LogP contribution is 2.46. The summed E-state index contributed by atoms with van der Waals surface area (Å²) >= 11 is 0. The molecule has 11 rings (SSSR count). The zero-order valence-corrected chi connectivity index (χ0v) is 29.7. The monoisotopic (exact) mass is 685 g/mol. The van der Waals surface area contributed by atoms with Gasteiger partial charge in [0.2, 0.25) is 0 Å². The molecule has 1 nitrogen and oxygen atoms in total. The maximum atomic E-state index is 4.50. The van der Waals surface area contributed by atoms with Gasteiger partial charge in [-0.15, -0.1) is 0 Å². The van der Waals surface area contributed by atoms with Gasteiger partial charge >= 0.3 is 0 Å². The molecule has 0 saturated carbocycles. The van der Waals surface area contributed by atoms with Crippen molar-refractivity contribution in [2.24, 2.45) is 0 Å². The SMILES string of the molecule is C1=CC2c3ccc(-c4cccc(-c5cccc(-c6ccc(-c7ccc8c9ccccc9c9ccncc9c8c7)cc6)c5)c4)cc3C=CC2c2ccccc21. The van der Waals surface area contributed by atoms with E-state index >= 15 is 0 Å². The van der Waals surface area contributed by atoms with Crippen LogP contribution in [0, 0.1) is 0 Å². The van der Waals surface area contributed by atoms with Crippen LogP contribution in [0.25, 0.3) is 89.0 Å². The lowest BCUT2D eigenvalue weighted by Crippen LogP contribution is -2.15. The summed E-state index contributed by atoms with van der Waals surface area (Å²) < 4.78 is 0. The average molecular weight is 686 g/mol.